The number of nitrogens with zero attached hydrogens (tertiary/aromatic N) is 4. The smallest absolute Gasteiger partial charge is 0.260 e. The molecule has 136 valence electrons. The number of ether oxygens (including phenoxy) is 1. The van der Waals surface area contributed by atoms with Gasteiger partial charge in [-0.3, -0.25) is 9.78 Å². The zero-order valence-corrected chi connectivity index (χ0v) is 15.1. The molecule has 0 atom stereocenters. The fraction of sp³-hybridized carbons (Fsp3) is 0.158. The van der Waals surface area contributed by atoms with E-state index in [1.807, 2.05) is 19.1 Å². The van der Waals surface area contributed by atoms with E-state index in [0.717, 1.165) is 5.69 Å². The van der Waals surface area contributed by atoms with Crippen LogP contribution in [0.15, 0.2) is 47.1 Å². The van der Waals surface area contributed by atoms with Gasteiger partial charge in [-0.15, -0.1) is 5.10 Å². The molecule has 0 bridgehead atoms. The number of nitrogens with one attached hydrogen (secondary N) is 1. The molecule has 8 nitrogen and oxygen atoms in total. The molecule has 0 saturated carbocycles. The van der Waals surface area contributed by atoms with Crippen molar-refractivity contribution in [3.05, 3.63) is 65.5 Å². The second-order valence-corrected chi connectivity index (χ2v) is 6.12. The van der Waals surface area contributed by atoms with Gasteiger partial charge in [0.15, 0.2) is 11.5 Å². The third kappa shape index (κ3) is 3.50. The van der Waals surface area contributed by atoms with E-state index in [-0.39, 0.29) is 5.91 Å². The van der Waals surface area contributed by atoms with Crippen molar-refractivity contribution in [2.45, 2.75) is 20.8 Å². The Morgan fingerprint density at radius 2 is 2.04 bits per heavy atom. The van der Waals surface area contributed by atoms with E-state index in [9.17, 15) is 4.79 Å². The van der Waals surface area contributed by atoms with Crippen LogP contribution in [0.5, 0.6) is 11.6 Å². The van der Waals surface area contributed by atoms with Gasteiger partial charge < -0.3 is 14.5 Å². The number of amides is 1. The lowest BCUT2D eigenvalue weighted by atomic mass is 10.2. The number of furan rings is 1. The first-order valence-electron chi connectivity index (χ1n) is 8.33. The molecule has 4 heterocycles. The van der Waals surface area contributed by atoms with Gasteiger partial charge in [0, 0.05) is 11.8 Å². The van der Waals surface area contributed by atoms with Crippen molar-refractivity contribution >= 4 is 17.4 Å². The van der Waals surface area contributed by atoms with E-state index < -0.39 is 0 Å². The Labute approximate surface area is 154 Å². The molecule has 0 radical (unpaired) electrons. The number of carbonyl (C=O) groups excluding carboxylic acids is 1. The quantitative estimate of drug-likeness (QED) is 0.594. The van der Waals surface area contributed by atoms with Crippen LogP contribution in [0.4, 0.5) is 5.82 Å². The van der Waals surface area contributed by atoms with Crippen LogP contribution in [0.3, 0.4) is 0 Å². The van der Waals surface area contributed by atoms with Gasteiger partial charge >= 0.3 is 0 Å². The van der Waals surface area contributed by atoms with E-state index in [0.29, 0.717) is 40.2 Å². The lowest BCUT2D eigenvalue weighted by Gasteiger charge is -2.04. The predicted octanol–water partition coefficient (Wildman–Crippen LogP) is 3.69. The average Bonchev–Trinajstić information content (AvgIpc) is 3.18. The number of fused-ring (bicyclic) bond motifs is 1. The first-order chi connectivity index (χ1) is 13.0. The van der Waals surface area contributed by atoms with Crippen molar-refractivity contribution in [1.82, 2.24) is 19.6 Å². The Balaban J connectivity index is 1.54. The normalized spacial score (nSPS) is 10.9. The fourth-order valence-electron chi connectivity index (χ4n) is 2.65. The molecule has 0 aliphatic carbocycles. The highest BCUT2D eigenvalue weighted by Crippen LogP contribution is 2.20. The SMILES string of the molecule is Cc1ccc(Oc2ccc3nc(NC(=O)c4cc(C)oc4C)cn3n2)cn1. The number of anilines is 1. The lowest BCUT2D eigenvalue weighted by molar-refractivity contribution is 0.102. The minimum atomic E-state index is -0.282. The van der Waals surface area contributed by atoms with Crippen molar-refractivity contribution in [3.63, 3.8) is 0 Å². The predicted molar refractivity (Wildman–Crippen MR) is 98.2 cm³/mol. The first kappa shape index (κ1) is 16.8. The molecule has 8 heteroatoms. The summed E-state index contributed by atoms with van der Waals surface area (Å²) in [5, 5.41) is 7.11. The molecule has 0 spiro atoms. The van der Waals surface area contributed by atoms with E-state index >= 15 is 0 Å². The number of carbonyl (C=O) groups is 1. The molecule has 1 amide bonds. The van der Waals surface area contributed by atoms with E-state index in [1.165, 1.54) is 0 Å². The molecular weight excluding hydrogens is 346 g/mol. The van der Waals surface area contributed by atoms with Crippen molar-refractivity contribution in [2.24, 2.45) is 0 Å². The summed E-state index contributed by atoms with van der Waals surface area (Å²) in [5.41, 5.74) is 1.97. The van der Waals surface area contributed by atoms with Crippen LogP contribution in [-0.4, -0.2) is 25.5 Å². The molecule has 0 aliphatic rings. The summed E-state index contributed by atoms with van der Waals surface area (Å²) in [4.78, 5) is 20.9. The molecule has 4 aromatic heterocycles. The highest BCUT2D eigenvalue weighted by Gasteiger charge is 2.15. The van der Waals surface area contributed by atoms with E-state index in [4.69, 9.17) is 9.15 Å². The van der Waals surface area contributed by atoms with Crippen molar-refractivity contribution in [2.75, 3.05) is 5.32 Å². The van der Waals surface area contributed by atoms with Gasteiger partial charge in [-0.2, -0.15) is 0 Å². The maximum atomic E-state index is 12.4. The summed E-state index contributed by atoms with van der Waals surface area (Å²) < 4.78 is 12.6. The Hall–Kier alpha value is -3.68. The molecule has 0 aliphatic heterocycles. The molecule has 0 saturated heterocycles. The van der Waals surface area contributed by atoms with Crippen molar-refractivity contribution < 1.29 is 13.9 Å². The van der Waals surface area contributed by atoms with Crippen molar-refractivity contribution in [1.29, 1.82) is 0 Å². The van der Waals surface area contributed by atoms with Crippen LogP contribution in [0.1, 0.15) is 27.6 Å². The van der Waals surface area contributed by atoms with Crippen LogP contribution in [0.2, 0.25) is 0 Å². The zero-order valence-electron chi connectivity index (χ0n) is 15.1. The second kappa shape index (κ2) is 6.56. The molecule has 0 aromatic carbocycles. The molecule has 4 rings (SSSR count). The lowest BCUT2D eigenvalue weighted by Crippen LogP contribution is -2.12. The maximum absolute atomic E-state index is 12.4. The summed E-state index contributed by atoms with van der Waals surface area (Å²) >= 11 is 0. The largest absolute Gasteiger partial charge is 0.466 e. The molecule has 0 unspecified atom stereocenters. The number of hydrogen-bond acceptors (Lipinski definition) is 6. The van der Waals surface area contributed by atoms with Gasteiger partial charge in [-0.1, -0.05) is 0 Å². The first-order valence-corrected chi connectivity index (χ1v) is 8.33. The van der Waals surface area contributed by atoms with Gasteiger partial charge in [-0.25, -0.2) is 9.50 Å². The Morgan fingerprint density at radius 1 is 1.19 bits per heavy atom. The Bertz CT molecular complexity index is 1130. The zero-order chi connectivity index (χ0) is 19.0. The summed E-state index contributed by atoms with van der Waals surface area (Å²) in [6.45, 7) is 5.45. The number of pyridine rings is 1. The minimum Gasteiger partial charge on any atom is -0.466 e. The third-order valence-electron chi connectivity index (χ3n) is 3.93. The topological polar surface area (TPSA) is 94.5 Å². The summed E-state index contributed by atoms with van der Waals surface area (Å²) in [6.07, 6.45) is 3.26. The van der Waals surface area contributed by atoms with Gasteiger partial charge in [0.25, 0.3) is 5.91 Å². The average molecular weight is 363 g/mol. The summed E-state index contributed by atoms with van der Waals surface area (Å²) in [7, 11) is 0. The fourth-order valence-corrected chi connectivity index (χ4v) is 2.65. The summed E-state index contributed by atoms with van der Waals surface area (Å²) in [6, 6.07) is 8.84. The standard InChI is InChI=1S/C19H17N5O3/c1-11-4-5-14(9-20-11)27-18-7-6-17-21-16(10-24(17)23-18)22-19(25)15-8-12(2)26-13(15)3/h4-10H,1-3H3,(H,22,25). The van der Waals surface area contributed by atoms with Crippen LogP contribution < -0.4 is 10.1 Å². The molecular formula is C19H17N5O3. The van der Waals surface area contributed by atoms with Gasteiger partial charge in [0.1, 0.15) is 17.3 Å². The number of rotatable bonds is 4. The van der Waals surface area contributed by atoms with Crippen LogP contribution in [0.25, 0.3) is 5.65 Å². The van der Waals surface area contributed by atoms with Crippen molar-refractivity contribution in [3.8, 4) is 11.6 Å². The van der Waals surface area contributed by atoms with Crippen LogP contribution in [0, 0.1) is 20.8 Å². The summed E-state index contributed by atoms with van der Waals surface area (Å²) in [5.74, 6) is 2.34. The highest BCUT2D eigenvalue weighted by molar-refractivity contribution is 6.04. The molecule has 0 fully saturated rings. The number of aromatic nitrogens is 4. The molecule has 27 heavy (non-hydrogen) atoms. The van der Waals surface area contributed by atoms with Crippen LogP contribution >= 0.6 is 0 Å². The van der Waals surface area contributed by atoms with E-state index in [1.54, 1.807) is 49.0 Å². The van der Waals surface area contributed by atoms with Gasteiger partial charge in [0.05, 0.1) is 18.0 Å². The number of aryl methyl sites for hydroxylation is 3. The van der Waals surface area contributed by atoms with Gasteiger partial charge in [-0.05, 0) is 45.0 Å². The number of imidazole rings is 1. The molecule has 1 N–H and O–H groups in total. The Morgan fingerprint density at radius 3 is 2.74 bits per heavy atom. The highest BCUT2D eigenvalue weighted by atomic mass is 16.5. The minimum absolute atomic E-state index is 0.282. The number of hydrogen-bond donors (Lipinski definition) is 1. The van der Waals surface area contributed by atoms with E-state index in [2.05, 4.69) is 20.4 Å². The second-order valence-electron chi connectivity index (χ2n) is 6.12. The van der Waals surface area contributed by atoms with Gasteiger partial charge in [0.2, 0.25) is 5.88 Å². The third-order valence-corrected chi connectivity index (χ3v) is 3.93. The molecule has 4 aromatic rings. The maximum Gasteiger partial charge on any atom is 0.260 e. The van der Waals surface area contributed by atoms with Crippen LogP contribution in [-0.2, 0) is 0 Å². The Kier molecular flexibility index (Phi) is 4.08. The monoisotopic (exact) mass is 363 g/mol.